The van der Waals surface area contributed by atoms with Crippen molar-refractivity contribution in [3.05, 3.63) is 34.9 Å². The average molecular weight is 272 g/mol. The largest absolute Gasteiger partial charge is 0.352 e. The quantitative estimate of drug-likeness (QED) is 0.884. The van der Waals surface area contributed by atoms with Crippen molar-refractivity contribution >= 4 is 5.91 Å². The van der Waals surface area contributed by atoms with Crippen LogP contribution < -0.4 is 10.6 Å². The predicted molar refractivity (Wildman–Crippen MR) is 81.1 cm³/mol. The van der Waals surface area contributed by atoms with Crippen molar-refractivity contribution in [3.8, 4) is 0 Å². The minimum Gasteiger partial charge on any atom is -0.352 e. The van der Waals surface area contributed by atoms with Gasteiger partial charge in [-0.25, -0.2) is 0 Å². The van der Waals surface area contributed by atoms with Gasteiger partial charge in [-0.2, -0.15) is 0 Å². The highest BCUT2D eigenvalue weighted by molar-refractivity contribution is 5.96. The van der Waals surface area contributed by atoms with Gasteiger partial charge in [-0.1, -0.05) is 12.1 Å². The van der Waals surface area contributed by atoms with Crippen molar-refractivity contribution in [1.82, 2.24) is 10.6 Å². The summed E-state index contributed by atoms with van der Waals surface area (Å²) in [6.45, 7) is 5.11. The maximum atomic E-state index is 12.3. The molecule has 2 aliphatic rings. The zero-order valence-electron chi connectivity index (χ0n) is 12.2. The van der Waals surface area contributed by atoms with Crippen LogP contribution in [0, 0.1) is 12.8 Å². The maximum Gasteiger partial charge on any atom is 0.251 e. The monoisotopic (exact) mass is 272 g/mol. The fourth-order valence-electron chi connectivity index (χ4n) is 3.13. The average Bonchev–Trinajstić information content (AvgIpc) is 3.30. The van der Waals surface area contributed by atoms with Gasteiger partial charge in [0.2, 0.25) is 0 Å². The van der Waals surface area contributed by atoms with Crippen LogP contribution in [0.25, 0.3) is 0 Å². The van der Waals surface area contributed by atoms with Gasteiger partial charge in [-0.05, 0) is 74.7 Å². The summed E-state index contributed by atoms with van der Waals surface area (Å²) in [6.07, 6.45) is 4.89. The lowest BCUT2D eigenvalue weighted by Crippen LogP contribution is -2.28. The summed E-state index contributed by atoms with van der Waals surface area (Å²) in [6, 6.07) is 6.20. The topological polar surface area (TPSA) is 41.1 Å². The van der Waals surface area contributed by atoms with Crippen LogP contribution in [0.3, 0.4) is 0 Å². The van der Waals surface area contributed by atoms with E-state index in [9.17, 15) is 4.79 Å². The summed E-state index contributed by atoms with van der Waals surface area (Å²) >= 11 is 0. The lowest BCUT2D eigenvalue weighted by Gasteiger charge is -2.25. The first-order valence-electron chi connectivity index (χ1n) is 7.84. The van der Waals surface area contributed by atoms with E-state index in [1.54, 1.807) is 0 Å². The third-order valence-electron chi connectivity index (χ3n) is 4.65. The van der Waals surface area contributed by atoms with Gasteiger partial charge in [0.15, 0.2) is 0 Å². The molecule has 1 heterocycles. The van der Waals surface area contributed by atoms with E-state index in [1.807, 2.05) is 12.1 Å². The van der Waals surface area contributed by atoms with Gasteiger partial charge in [-0.3, -0.25) is 4.79 Å². The second-order valence-electron chi connectivity index (χ2n) is 6.20. The molecule has 1 aliphatic carbocycles. The van der Waals surface area contributed by atoms with E-state index in [4.69, 9.17) is 0 Å². The van der Waals surface area contributed by atoms with E-state index in [-0.39, 0.29) is 5.91 Å². The minimum absolute atomic E-state index is 0.102. The Hall–Kier alpha value is -1.35. The molecule has 0 radical (unpaired) electrons. The van der Waals surface area contributed by atoms with Crippen molar-refractivity contribution in [1.29, 1.82) is 0 Å². The maximum absolute atomic E-state index is 12.3. The predicted octanol–water partition coefficient (Wildman–Crippen LogP) is 2.60. The van der Waals surface area contributed by atoms with Crippen molar-refractivity contribution in [3.63, 3.8) is 0 Å². The molecular weight excluding hydrogens is 248 g/mol. The smallest absolute Gasteiger partial charge is 0.251 e. The highest BCUT2D eigenvalue weighted by atomic mass is 16.1. The molecule has 3 rings (SSSR count). The molecule has 20 heavy (non-hydrogen) atoms. The number of benzene rings is 1. The molecule has 108 valence electrons. The Bertz CT molecular complexity index is 488. The van der Waals surface area contributed by atoms with Gasteiger partial charge in [0, 0.05) is 12.1 Å². The molecule has 3 nitrogen and oxygen atoms in total. The fraction of sp³-hybridized carbons (Fsp3) is 0.588. The summed E-state index contributed by atoms with van der Waals surface area (Å²) in [5, 5.41) is 6.48. The first-order chi connectivity index (χ1) is 9.75. The molecule has 2 fully saturated rings. The molecule has 0 unspecified atom stereocenters. The van der Waals surface area contributed by atoms with Gasteiger partial charge in [0.05, 0.1) is 0 Å². The second kappa shape index (κ2) is 5.96. The molecule has 0 aromatic heterocycles. The Morgan fingerprint density at radius 3 is 2.70 bits per heavy atom. The molecule has 0 atom stereocenters. The normalized spacial score (nSPS) is 19.9. The van der Waals surface area contributed by atoms with Gasteiger partial charge >= 0.3 is 0 Å². The van der Waals surface area contributed by atoms with Crippen LogP contribution in [-0.2, 0) is 0 Å². The third-order valence-corrected chi connectivity index (χ3v) is 4.65. The first kappa shape index (κ1) is 13.6. The number of hydrogen-bond donors (Lipinski definition) is 2. The number of nitrogens with one attached hydrogen (secondary N) is 2. The standard InChI is InChI=1S/C17H24N2O/c1-12-15(14-7-9-18-10-8-14)3-2-4-16(12)17(20)19-11-13-5-6-13/h2-4,13-14,18H,5-11H2,1H3,(H,19,20). The van der Waals surface area contributed by atoms with Crippen LogP contribution in [0.5, 0.6) is 0 Å². The molecule has 3 heteroatoms. The highest BCUT2D eigenvalue weighted by Gasteiger charge is 2.23. The molecule has 1 amide bonds. The number of carbonyl (C=O) groups is 1. The Morgan fingerprint density at radius 2 is 2.00 bits per heavy atom. The lowest BCUT2D eigenvalue weighted by molar-refractivity contribution is 0.0951. The van der Waals surface area contributed by atoms with Gasteiger partial charge in [-0.15, -0.1) is 0 Å². The van der Waals surface area contributed by atoms with E-state index in [0.717, 1.165) is 31.1 Å². The van der Waals surface area contributed by atoms with Crippen LogP contribution >= 0.6 is 0 Å². The van der Waals surface area contributed by atoms with Crippen LogP contribution in [0.1, 0.15) is 53.1 Å². The van der Waals surface area contributed by atoms with Crippen LogP contribution in [0.15, 0.2) is 18.2 Å². The van der Waals surface area contributed by atoms with E-state index in [2.05, 4.69) is 23.6 Å². The Kier molecular flexibility index (Phi) is 4.06. The third kappa shape index (κ3) is 3.04. The molecular formula is C17H24N2O. The van der Waals surface area contributed by atoms with Gasteiger partial charge < -0.3 is 10.6 Å². The van der Waals surface area contributed by atoms with Crippen molar-refractivity contribution in [2.24, 2.45) is 5.92 Å². The van der Waals surface area contributed by atoms with E-state index in [1.165, 1.54) is 36.8 Å². The second-order valence-corrected chi connectivity index (χ2v) is 6.20. The molecule has 1 saturated carbocycles. The van der Waals surface area contributed by atoms with E-state index >= 15 is 0 Å². The Labute approximate surface area is 121 Å². The fourth-order valence-corrected chi connectivity index (χ4v) is 3.13. The van der Waals surface area contributed by atoms with Crippen LogP contribution in [0.4, 0.5) is 0 Å². The summed E-state index contributed by atoms with van der Waals surface area (Å²) in [5.41, 5.74) is 3.40. The van der Waals surface area contributed by atoms with Crippen LogP contribution in [0.2, 0.25) is 0 Å². The van der Waals surface area contributed by atoms with Crippen molar-refractivity contribution in [2.45, 2.75) is 38.5 Å². The van der Waals surface area contributed by atoms with Crippen molar-refractivity contribution in [2.75, 3.05) is 19.6 Å². The molecule has 1 aromatic rings. The molecule has 1 aliphatic heterocycles. The molecule has 0 bridgehead atoms. The summed E-state index contributed by atoms with van der Waals surface area (Å²) in [7, 11) is 0. The van der Waals surface area contributed by atoms with E-state index in [0.29, 0.717) is 5.92 Å². The van der Waals surface area contributed by atoms with Crippen molar-refractivity contribution < 1.29 is 4.79 Å². The SMILES string of the molecule is Cc1c(C(=O)NCC2CC2)cccc1C1CCNCC1. The summed E-state index contributed by atoms with van der Waals surface area (Å²) < 4.78 is 0. The zero-order valence-corrected chi connectivity index (χ0v) is 12.2. The Morgan fingerprint density at radius 1 is 1.25 bits per heavy atom. The zero-order chi connectivity index (χ0) is 13.9. The number of piperidine rings is 1. The first-order valence-corrected chi connectivity index (χ1v) is 7.84. The van der Waals surface area contributed by atoms with E-state index < -0.39 is 0 Å². The molecule has 0 spiro atoms. The molecule has 1 saturated heterocycles. The molecule has 1 aromatic carbocycles. The molecule has 2 N–H and O–H groups in total. The summed E-state index contributed by atoms with van der Waals surface area (Å²) in [4.78, 5) is 12.3. The number of rotatable bonds is 4. The number of amides is 1. The van der Waals surface area contributed by atoms with Gasteiger partial charge in [0.1, 0.15) is 0 Å². The minimum atomic E-state index is 0.102. The lowest BCUT2D eigenvalue weighted by atomic mass is 9.86. The van der Waals surface area contributed by atoms with Crippen LogP contribution in [-0.4, -0.2) is 25.5 Å². The number of carbonyl (C=O) groups excluding carboxylic acids is 1. The number of hydrogen-bond acceptors (Lipinski definition) is 2. The Balaban J connectivity index is 1.74. The highest BCUT2D eigenvalue weighted by Crippen LogP contribution is 2.30. The summed E-state index contributed by atoms with van der Waals surface area (Å²) in [5.74, 6) is 1.43. The van der Waals surface area contributed by atoms with Gasteiger partial charge in [0.25, 0.3) is 5.91 Å².